The van der Waals surface area contributed by atoms with Crippen LogP contribution in [-0.4, -0.2) is 0 Å². The first-order valence-corrected chi connectivity index (χ1v) is 15.7. The van der Waals surface area contributed by atoms with Crippen LogP contribution in [-0.2, 0) is 0 Å². The molecule has 0 fully saturated rings. The highest BCUT2D eigenvalue weighted by Crippen LogP contribution is 2.48. The van der Waals surface area contributed by atoms with Crippen molar-refractivity contribution in [3.05, 3.63) is 170 Å². The van der Waals surface area contributed by atoms with Gasteiger partial charge >= 0.3 is 0 Å². The maximum Gasteiger partial charge on any atom is 0.143 e. The Labute approximate surface area is 288 Å². The van der Waals surface area contributed by atoms with Crippen LogP contribution in [0.4, 0.5) is 0 Å². The summed E-state index contributed by atoms with van der Waals surface area (Å²) in [5.74, 6) is 0.619. The van der Waals surface area contributed by atoms with Crippen LogP contribution in [0, 0.1) is 0 Å². The molecule has 10 aromatic rings. The fourth-order valence-corrected chi connectivity index (χ4v) is 7.08. The van der Waals surface area contributed by atoms with Gasteiger partial charge in [-0.3, -0.25) is 0 Å². The largest absolute Gasteiger partial charge is 0.456 e. The first-order valence-electron chi connectivity index (χ1n) is 19.7. The topological polar surface area (TPSA) is 26.3 Å². The van der Waals surface area contributed by atoms with Crippen molar-refractivity contribution in [1.82, 2.24) is 0 Å². The number of furan rings is 2. The molecule has 0 aliphatic heterocycles. The van der Waals surface area contributed by atoms with E-state index < -0.39 is 24.2 Å². The zero-order chi connectivity index (χ0) is 38.6. The molecule has 0 N–H and O–H groups in total. The third-order valence-electron chi connectivity index (χ3n) is 9.13. The summed E-state index contributed by atoms with van der Waals surface area (Å²) in [6.07, 6.45) is 0. The number of benzene rings is 8. The Morgan fingerprint density at radius 2 is 0.792 bits per heavy atom. The molecule has 0 unspecified atom stereocenters. The van der Waals surface area contributed by atoms with E-state index in [1.165, 1.54) is 0 Å². The van der Waals surface area contributed by atoms with Crippen LogP contribution >= 0.6 is 0 Å². The average Bonchev–Trinajstić information content (AvgIpc) is 3.82. The van der Waals surface area contributed by atoms with E-state index in [2.05, 4.69) is 0 Å². The van der Waals surface area contributed by atoms with Crippen molar-refractivity contribution in [2.45, 2.75) is 0 Å². The third kappa shape index (κ3) is 4.00. The summed E-state index contributed by atoms with van der Waals surface area (Å²) >= 11 is 0. The van der Waals surface area contributed by atoms with Crippen molar-refractivity contribution in [3.8, 4) is 44.7 Å². The van der Waals surface area contributed by atoms with E-state index in [0.717, 1.165) is 44.0 Å². The summed E-state index contributed by atoms with van der Waals surface area (Å²) in [6, 6.07) is 35.2. The molecule has 0 radical (unpaired) electrons. The van der Waals surface area contributed by atoms with Crippen LogP contribution in [0.15, 0.2) is 179 Å². The zero-order valence-electron chi connectivity index (χ0n) is 33.4. The van der Waals surface area contributed by atoms with Gasteiger partial charge in [0, 0.05) is 27.3 Å². The van der Waals surface area contributed by atoms with Gasteiger partial charge < -0.3 is 8.83 Å². The van der Waals surface area contributed by atoms with E-state index in [-0.39, 0.29) is 45.7 Å². The molecule has 0 saturated heterocycles. The summed E-state index contributed by atoms with van der Waals surface area (Å²) in [7, 11) is 0. The molecule has 0 amide bonds. The van der Waals surface area contributed by atoms with E-state index in [9.17, 15) is 2.74 Å². The average molecular weight is 621 g/mol. The molecule has 0 bridgehead atoms. The Hall–Kier alpha value is -6.38. The van der Waals surface area contributed by atoms with Gasteiger partial charge in [0.1, 0.15) is 22.5 Å². The van der Waals surface area contributed by atoms with E-state index in [1.54, 1.807) is 24.3 Å². The standard InChI is InChI=1S/C46H28O2/c1-3-13-29(14-4-1)41-33-17-7-9-19-35(33)42(36-20-10-8-18-34(36)41)31-23-25-32(26-24-31)46-43(30-15-5-2-6-16-30)45-40(48-46)28-27-39-44(45)37-21-11-12-22-38(37)47-39/h1-28H/i7D,8D,9D,10D,17D,18D,19D,20D. The van der Waals surface area contributed by atoms with Crippen LogP contribution < -0.4 is 0 Å². The number of para-hydroxylation sites is 1. The van der Waals surface area contributed by atoms with Gasteiger partial charge in [0.25, 0.3) is 0 Å². The third-order valence-corrected chi connectivity index (χ3v) is 9.13. The SMILES string of the molecule is [2H]c1c([2H])c([2H])c2c(-c3ccc(-c4oc5ccc6oc7ccccc7c6c5c4-c4ccccc4)cc3)c3c([2H])c([2H])c([2H])c([2H])c3c(-c3ccccc3)c2c1[2H]. The maximum atomic E-state index is 9.24. The van der Waals surface area contributed by atoms with Gasteiger partial charge in [-0.2, -0.15) is 0 Å². The lowest BCUT2D eigenvalue weighted by atomic mass is 9.86. The zero-order valence-corrected chi connectivity index (χ0v) is 25.4. The second-order valence-electron chi connectivity index (χ2n) is 11.8. The minimum absolute atomic E-state index is 0.170. The second-order valence-corrected chi connectivity index (χ2v) is 11.8. The van der Waals surface area contributed by atoms with E-state index >= 15 is 0 Å². The smallest absolute Gasteiger partial charge is 0.143 e. The van der Waals surface area contributed by atoms with Gasteiger partial charge in [0.2, 0.25) is 0 Å². The van der Waals surface area contributed by atoms with Crippen LogP contribution in [0.1, 0.15) is 11.0 Å². The van der Waals surface area contributed by atoms with E-state index in [0.29, 0.717) is 33.6 Å². The highest BCUT2D eigenvalue weighted by Gasteiger charge is 2.23. The number of fused-ring (bicyclic) bond motifs is 7. The summed E-state index contributed by atoms with van der Waals surface area (Å²) in [6.45, 7) is 0. The van der Waals surface area contributed by atoms with Gasteiger partial charge in [0.05, 0.1) is 11.0 Å². The Kier molecular flexibility index (Phi) is 4.41. The summed E-state index contributed by atoms with van der Waals surface area (Å²) < 4.78 is 84.5. The molecular weight excluding hydrogens is 585 g/mol. The molecule has 8 aromatic carbocycles. The molecule has 0 atom stereocenters. The van der Waals surface area contributed by atoms with Crippen LogP contribution in [0.25, 0.3) is 99.2 Å². The Bertz CT molecular complexity index is 3180. The quantitative estimate of drug-likeness (QED) is 0.183. The lowest BCUT2D eigenvalue weighted by molar-refractivity contribution is 0.632. The maximum absolute atomic E-state index is 9.24. The molecular formula is C46H28O2. The molecule has 0 aliphatic rings. The van der Waals surface area contributed by atoms with Crippen molar-refractivity contribution in [2.24, 2.45) is 0 Å². The highest BCUT2D eigenvalue weighted by atomic mass is 16.3. The van der Waals surface area contributed by atoms with Gasteiger partial charge in [0.15, 0.2) is 0 Å². The molecule has 10 rings (SSSR count). The number of rotatable bonds is 4. The van der Waals surface area contributed by atoms with Crippen molar-refractivity contribution < 1.29 is 19.8 Å². The Morgan fingerprint density at radius 3 is 1.38 bits per heavy atom. The van der Waals surface area contributed by atoms with Crippen molar-refractivity contribution in [3.63, 3.8) is 0 Å². The first-order chi connectivity index (χ1) is 27.2. The first kappa shape index (κ1) is 20.0. The molecule has 224 valence electrons. The molecule has 2 heteroatoms. The Morgan fingerprint density at radius 1 is 0.333 bits per heavy atom. The normalized spacial score (nSPS) is 14.1. The minimum Gasteiger partial charge on any atom is -0.456 e. The Balaban J connectivity index is 1.30. The van der Waals surface area contributed by atoms with Crippen LogP contribution in [0.3, 0.4) is 0 Å². The molecule has 2 nitrogen and oxygen atoms in total. The molecule has 48 heavy (non-hydrogen) atoms. The fourth-order valence-electron chi connectivity index (χ4n) is 7.08. The molecule has 0 saturated carbocycles. The monoisotopic (exact) mass is 620 g/mol. The summed E-state index contributed by atoms with van der Waals surface area (Å²) in [5, 5.41) is 3.53. The van der Waals surface area contributed by atoms with Gasteiger partial charge in [-0.15, -0.1) is 0 Å². The molecule has 2 heterocycles. The summed E-state index contributed by atoms with van der Waals surface area (Å²) in [5.41, 5.74) is 6.46. The fraction of sp³-hybridized carbons (Fsp3) is 0. The van der Waals surface area contributed by atoms with Gasteiger partial charge in [-0.05, 0) is 67.6 Å². The number of hydrogen-bond acceptors (Lipinski definition) is 2. The lowest BCUT2D eigenvalue weighted by Crippen LogP contribution is -1.90. The van der Waals surface area contributed by atoms with Crippen LogP contribution in [0.2, 0.25) is 0 Å². The van der Waals surface area contributed by atoms with Gasteiger partial charge in [-0.1, -0.05) is 151 Å². The van der Waals surface area contributed by atoms with Crippen molar-refractivity contribution in [2.75, 3.05) is 0 Å². The second kappa shape index (κ2) is 10.6. The molecule has 2 aromatic heterocycles. The van der Waals surface area contributed by atoms with E-state index in [4.69, 9.17) is 17.1 Å². The van der Waals surface area contributed by atoms with Gasteiger partial charge in [-0.25, -0.2) is 0 Å². The predicted octanol–water partition coefficient (Wildman–Crippen LogP) is 13.3. The predicted molar refractivity (Wildman–Crippen MR) is 200 cm³/mol. The van der Waals surface area contributed by atoms with Crippen LogP contribution in [0.5, 0.6) is 0 Å². The van der Waals surface area contributed by atoms with E-state index in [1.807, 2.05) is 97.1 Å². The highest BCUT2D eigenvalue weighted by molar-refractivity contribution is 6.24. The van der Waals surface area contributed by atoms with Crippen molar-refractivity contribution >= 4 is 54.5 Å². The minimum atomic E-state index is -0.438. The number of hydrogen-bond donors (Lipinski definition) is 0. The molecule has 0 aliphatic carbocycles. The molecule has 0 spiro atoms. The lowest BCUT2D eigenvalue weighted by Gasteiger charge is -2.17. The summed E-state index contributed by atoms with van der Waals surface area (Å²) in [4.78, 5) is 0. The van der Waals surface area contributed by atoms with Crippen molar-refractivity contribution in [1.29, 1.82) is 0 Å².